The van der Waals surface area contributed by atoms with Gasteiger partial charge < -0.3 is 10.0 Å². The van der Waals surface area contributed by atoms with E-state index in [9.17, 15) is 14.7 Å². The summed E-state index contributed by atoms with van der Waals surface area (Å²) < 4.78 is 0. The number of amides is 1. The lowest BCUT2D eigenvalue weighted by atomic mass is 10.0. The Morgan fingerprint density at radius 3 is 2.68 bits per heavy atom. The number of likely N-dealkylation sites (N-methyl/N-ethyl adjacent to an activating group) is 1. The van der Waals surface area contributed by atoms with E-state index in [1.807, 2.05) is 18.2 Å². The molecular weight excluding hydrogens is 244 g/mol. The van der Waals surface area contributed by atoms with Crippen molar-refractivity contribution in [2.75, 3.05) is 13.6 Å². The van der Waals surface area contributed by atoms with Crippen LogP contribution in [-0.4, -0.2) is 41.5 Å². The van der Waals surface area contributed by atoms with E-state index in [0.717, 1.165) is 5.56 Å². The van der Waals surface area contributed by atoms with Gasteiger partial charge >= 0.3 is 5.97 Å². The third-order valence-electron chi connectivity index (χ3n) is 3.41. The SMILES string of the molecule is CN1CC(NC(C(=O)O)c2ccccc2)CCC1=O. The lowest BCUT2D eigenvalue weighted by Gasteiger charge is -2.32. The van der Waals surface area contributed by atoms with Gasteiger partial charge in [-0.15, -0.1) is 0 Å². The van der Waals surface area contributed by atoms with Crippen molar-refractivity contribution >= 4 is 11.9 Å². The topological polar surface area (TPSA) is 69.6 Å². The molecule has 2 N–H and O–H groups in total. The number of hydrogen-bond acceptors (Lipinski definition) is 3. The molecule has 5 heteroatoms. The Kier molecular flexibility index (Phi) is 4.16. The number of nitrogens with zero attached hydrogens (tertiary/aromatic N) is 1. The van der Waals surface area contributed by atoms with Crippen LogP contribution in [0.25, 0.3) is 0 Å². The van der Waals surface area contributed by atoms with E-state index < -0.39 is 12.0 Å². The highest BCUT2D eigenvalue weighted by atomic mass is 16.4. The second-order valence-corrected chi connectivity index (χ2v) is 4.86. The zero-order valence-electron chi connectivity index (χ0n) is 10.9. The number of carboxylic acids is 1. The number of aliphatic carboxylic acids is 1. The van der Waals surface area contributed by atoms with Gasteiger partial charge in [0, 0.05) is 26.1 Å². The molecule has 1 amide bonds. The minimum absolute atomic E-state index is 0.0176. The average molecular weight is 262 g/mol. The van der Waals surface area contributed by atoms with E-state index in [-0.39, 0.29) is 11.9 Å². The smallest absolute Gasteiger partial charge is 0.325 e. The van der Waals surface area contributed by atoms with Crippen LogP contribution in [-0.2, 0) is 9.59 Å². The van der Waals surface area contributed by atoms with Gasteiger partial charge in [-0.05, 0) is 12.0 Å². The van der Waals surface area contributed by atoms with Crippen molar-refractivity contribution in [1.82, 2.24) is 10.2 Å². The Balaban J connectivity index is 2.06. The van der Waals surface area contributed by atoms with Crippen LogP contribution in [0.1, 0.15) is 24.4 Å². The number of rotatable bonds is 4. The van der Waals surface area contributed by atoms with Crippen LogP contribution >= 0.6 is 0 Å². The summed E-state index contributed by atoms with van der Waals surface area (Å²) in [4.78, 5) is 24.4. The quantitative estimate of drug-likeness (QED) is 0.850. The molecule has 0 aromatic heterocycles. The normalized spacial score (nSPS) is 21.2. The summed E-state index contributed by atoms with van der Waals surface area (Å²) in [6.07, 6.45) is 1.15. The maximum atomic E-state index is 11.4. The molecule has 0 bridgehead atoms. The van der Waals surface area contributed by atoms with Crippen molar-refractivity contribution in [2.24, 2.45) is 0 Å². The molecule has 0 saturated carbocycles. The highest BCUT2D eigenvalue weighted by Crippen LogP contribution is 2.17. The van der Waals surface area contributed by atoms with Gasteiger partial charge in [-0.3, -0.25) is 14.9 Å². The predicted octanol–water partition coefficient (Wildman–Crippen LogP) is 1.02. The summed E-state index contributed by atoms with van der Waals surface area (Å²) in [5.41, 5.74) is 0.731. The van der Waals surface area contributed by atoms with Crippen molar-refractivity contribution in [1.29, 1.82) is 0 Å². The van der Waals surface area contributed by atoms with E-state index in [2.05, 4.69) is 5.32 Å². The third kappa shape index (κ3) is 3.32. The van der Waals surface area contributed by atoms with Crippen molar-refractivity contribution in [3.8, 4) is 0 Å². The number of benzene rings is 1. The van der Waals surface area contributed by atoms with Crippen LogP contribution in [0, 0.1) is 0 Å². The molecule has 0 radical (unpaired) electrons. The third-order valence-corrected chi connectivity index (χ3v) is 3.41. The molecule has 1 aromatic rings. The van der Waals surface area contributed by atoms with Crippen LogP contribution in [0.3, 0.4) is 0 Å². The standard InChI is InChI=1S/C14H18N2O3/c1-16-9-11(7-8-12(16)17)15-13(14(18)19)10-5-3-2-4-6-10/h2-6,11,13,15H,7-9H2,1H3,(H,18,19). The first-order chi connectivity index (χ1) is 9.08. The molecular formula is C14H18N2O3. The zero-order chi connectivity index (χ0) is 13.8. The molecule has 1 aromatic carbocycles. The van der Waals surface area contributed by atoms with E-state index in [4.69, 9.17) is 0 Å². The van der Waals surface area contributed by atoms with Gasteiger partial charge in [-0.1, -0.05) is 30.3 Å². The average Bonchev–Trinajstić information content (AvgIpc) is 2.40. The van der Waals surface area contributed by atoms with E-state index in [1.165, 1.54) is 0 Å². The van der Waals surface area contributed by atoms with E-state index in [0.29, 0.717) is 19.4 Å². The molecule has 2 rings (SSSR count). The summed E-state index contributed by atoms with van der Waals surface area (Å²) in [7, 11) is 1.74. The van der Waals surface area contributed by atoms with Gasteiger partial charge in [0.05, 0.1) is 0 Å². The fraction of sp³-hybridized carbons (Fsp3) is 0.429. The second-order valence-electron chi connectivity index (χ2n) is 4.86. The molecule has 102 valence electrons. The molecule has 2 unspecified atom stereocenters. The summed E-state index contributed by atoms with van der Waals surface area (Å²) in [6, 6.07) is 8.38. The fourth-order valence-corrected chi connectivity index (χ4v) is 2.34. The molecule has 0 aliphatic carbocycles. The van der Waals surface area contributed by atoms with Crippen molar-refractivity contribution in [2.45, 2.75) is 24.9 Å². The van der Waals surface area contributed by atoms with Gasteiger partial charge in [0.25, 0.3) is 0 Å². The van der Waals surface area contributed by atoms with Gasteiger partial charge in [-0.25, -0.2) is 0 Å². The van der Waals surface area contributed by atoms with Gasteiger partial charge in [0.2, 0.25) is 5.91 Å². The van der Waals surface area contributed by atoms with Gasteiger partial charge in [-0.2, -0.15) is 0 Å². The molecule has 2 atom stereocenters. The number of hydrogen-bond donors (Lipinski definition) is 2. The summed E-state index contributed by atoms with van der Waals surface area (Å²) in [5.74, 6) is -0.782. The van der Waals surface area contributed by atoms with Gasteiger partial charge in [0.1, 0.15) is 6.04 Å². The molecule has 1 heterocycles. The van der Waals surface area contributed by atoms with Crippen LogP contribution < -0.4 is 5.32 Å². The first-order valence-electron chi connectivity index (χ1n) is 6.35. The first-order valence-corrected chi connectivity index (χ1v) is 6.35. The van der Waals surface area contributed by atoms with Crippen molar-refractivity contribution in [3.05, 3.63) is 35.9 Å². The Labute approximate surface area is 112 Å². The van der Waals surface area contributed by atoms with Crippen molar-refractivity contribution in [3.63, 3.8) is 0 Å². The summed E-state index contributed by atoms with van der Waals surface area (Å²) >= 11 is 0. The molecule has 1 aliphatic heterocycles. The van der Waals surface area contributed by atoms with E-state index in [1.54, 1.807) is 24.1 Å². The zero-order valence-corrected chi connectivity index (χ0v) is 10.9. The molecule has 1 fully saturated rings. The Hall–Kier alpha value is -1.88. The second kappa shape index (κ2) is 5.84. The molecule has 0 spiro atoms. The maximum Gasteiger partial charge on any atom is 0.325 e. The summed E-state index contributed by atoms with van der Waals surface area (Å²) in [5, 5.41) is 12.5. The monoisotopic (exact) mass is 262 g/mol. The number of carboxylic acid groups (broad SMARTS) is 1. The van der Waals surface area contributed by atoms with Crippen LogP contribution in [0.5, 0.6) is 0 Å². The Morgan fingerprint density at radius 2 is 2.11 bits per heavy atom. The highest BCUT2D eigenvalue weighted by Gasteiger charge is 2.28. The maximum absolute atomic E-state index is 11.4. The number of carbonyl (C=O) groups excluding carboxylic acids is 1. The van der Waals surface area contributed by atoms with Crippen LogP contribution in [0.4, 0.5) is 0 Å². The molecule has 1 saturated heterocycles. The Morgan fingerprint density at radius 1 is 1.42 bits per heavy atom. The van der Waals surface area contributed by atoms with Crippen LogP contribution in [0.2, 0.25) is 0 Å². The minimum Gasteiger partial charge on any atom is -0.480 e. The molecule has 1 aliphatic rings. The number of nitrogens with one attached hydrogen (secondary N) is 1. The highest BCUT2D eigenvalue weighted by molar-refractivity contribution is 5.77. The molecule has 19 heavy (non-hydrogen) atoms. The lowest BCUT2D eigenvalue weighted by Crippen LogP contribution is -2.48. The Bertz CT molecular complexity index is 461. The van der Waals surface area contributed by atoms with Crippen molar-refractivity contribution < 1.29 is 14.7 Å². The summed E-state index contributed by atoms with van der Waals surface area (Å²) in [6.45, 7) is 0.551. The molecule has 5 nitrogen and oxygen atoms in total. The number of likely N-dealkylation sites (tertiary alicyclic amines) is 1. The number of carbonyl (C=O) groups is 2. The largest absolute Gasteiger partial charge is 0.480 e. The first kappa shape index (κ1) is 13.5. The fourth-order valence-electron chi connectivity index (χ4n) is 2.34. The van der Waals surface area contributed by atoms with Gasteiger partial charge in [0.15, 0.2) is 0 Å². The lowest BCUT2D eigenvalue weighted by molar-refractivity contribution is -0.140. The number of piperidine rings is 1. The van der Waals surface area contributed by atoms with E-state index >= 15 is 0 Å². The predicted molar refractivity (Wildman–Crippen MR) is 70.6 cm³/mol. The minimum atomic E-state index is -0.897. The van der Waals surface area contributed by atoms with Crippen LogP contribution in [0.15, 0.2) is 30.3 Å².